The molecule has 1 aliphatic carbocycles. The monoisotopic (exact) mass is 506 g/mol. The van der Waals surface area contributed by atoms with E-state index in [0.717, 1.165) is 17.0 Å². The molecule has 1 amide bonds. The minimum Gasteiger partial charge on any atom is -0.456 e. The van der Waals surface area contributed by atoms with E-state index >= 15 is 0 Å². The van der Waals surface area contributed by atoms with Crippen molar-refractivity contribution in [3.8, 4) is 0 Å². The zero-order chi connectivity index (χ0) is 26.9. The number of nitrogens with zero attached hydrogens (tertiary/aromatic N) is 2. The van der Waals surface area contributed by atoms with Crippen LogP contribution in [-0.2, 0) is 30.3 Å². The molecule has 4 aromatic rings. The molecule has 0 bridgehead atoms. The zero-order valence-electron chi connectivity index (χ0n) is 23.3. The topological polar surface area (TPSA) is 46.3 Å². The van der Waals surface area contributed by atoms with Crippen molar-refractivity contribution in [3.63, 3.8) is 0 Å². The maximum absolute atomic E-state index is 13.6. The average molecular weight is 507 g/mol. The molecule has 2 heterocycles. The second-order valence-electron chi connectivity index (χ2n) is 12.0. The van der Waals surface area contributed by atoms with Crippen LogP contribution < -0.4 is 0 Å². The minimum atomic E-state index is -0.129. The number of carbonyl (C=O) groups excluding carboxylic acids is 1. The van der Waals surface area contributed by atoms with Crippen LogP contribution >= 0.6 is 0 Å². The van der Waals surface area contributed by atoms with Crippen molar-refractivity contribution >= 4 is 5.91 Å². The van der Waals surface area contributed by atoms with E-state index in [1.54, 1.807) is 11.1 Å². The van der Waals surface area contributed by atoms with Crippen LogP contribution in [0.15, 0.2) is 83.4 Å². The molecule has 2 aromatic heterocycles. The van der Waals surface area contributed by atoms with Gasteiger partial charge in [-0.3, -0.25) is 9.78 Å². The number of benzene rings is 2. The van der Waals surface area contributed by atoms with Gasteiger partial charge in [-0.05, 0) is 82.7 Å². The van der Waals surface area contributed by atoms with Crippen LogP contribution in [0.5, 0.6) is 0 Å². The first kappa shape index (κ1) is 26.0. The molecule has 0 aliphatic heterocycles. The highest BCUT2D eigenvalue weighted by Gasteiger charge is 2.37. The van der Waals surface area contributed by atoms with Crippen molar-refractivity contribution in [2.24, 2.45) is 0 Å². The molecule has 0 fully saturated rings. The number of carbonyl (C=O) groups is 1. The highest BCUT2D eigenvalue weighted by Crippen LogP contribution is 2.46. The summed E-state index contributed by atoms with van der Waals surface area (Å²) in [5, 5.41) is 0. The van der Waals surface area contributed by atoms with Crippen molar-refractivity contribution < 1.29 is 9.21 Å². The number of pyridine rings is 1. The van der Waals surface area contributed by atoms with E-state index in [-0.39, 0.29) is 16.7 Å². The normalized spacial score (nSPS) is 15.6. The highest BCUT2D eigenvalue weighted by atomic mass is 16.4. The Labute approximate surface area is 226 Å². The van der Waals surface area contributed by atoms with Crippen LogP contribution in [0, 0.1) is 6.92 Å². The summed E-state index contributed by atoms with van der Waals surface area (Å²) in [6.07, 6.45) is 4.81. The third-order valence-electron chi connectivity index (χ3n) is 8.13. The first-order valence-electron chi connectivity index (χ1n) is 13.6. The summed E-state index contributed by atoms with van der Waals surface area (Å²) in [4.78, 5) is 19.9. The summed E-state index contributed by atoms with van der Waals surface area (Å²) < 4.78 is 6.19. The van der Waals surface area contributed by atoms with E-state index in [0.29, 0.717) is 25.3 Å². The smallest absolute Gasteiger partial charge is 0.290 e. The molecule has 4 heteroatoms. The third-order valence-corrected chi connectivity index (χ3v) is 8.13. The Morgan fingerprint density at radius 3 is 2.24 bits per heavy atom. The van der Waals surface area contributed by atoms with Crippen LogP contribution in [-0.4, -0.2) is 15.8 Å². The molecule has 2 aromatic carbocycles. The fourth-order valence-corrected chi connectivity index (χ4v) is 5.58. The maximum Gasteiger partial charge on any atom is 0.290 e. The van der Waals surface area contributed by atoms with E-state index in [9.17, 15) is 4.79 Å². The van der Waals surface area contributed by atoms with E-state index in [1.807, 2.05) is 60.7 Å². The van der Waals surface area contributed by atoms with Crippen molar-refractivity contribution in [3.05, 3.63) is 124 Å². The quantitative estimate of drug-likeness (QED) is 0.257. The second kappa shape index (κ2) is 10.2. The van der Waals surface area contributed by atoms with Crippen molar-refractivity contribution in [2.75, 3.05) is 0 Å². The standard InChI is InChI=1S/C34H38N2O2/c1-24-19-29-30(34(4,5)17-16-33(29,2)3)21-26(24)20-28-14-15-31(38-28)32(37)36(22-25-11-7-6-8-12-25)23-27-13-9-10-18-35-27/h6-15,18-19,21H,16-17,20,22-23H2,1-5H3. The highest BCUT2D eigenvalue weighted by molar-refractivity contribution is 5.91. The first-order valence-corrected chi connectivity index (χ1v) is 13.6. The number of rotatable bonds is 7. The van der Waals surface area contributed by atoms with Crippen molar-refractivity contribution in [1.29, 1.82) is 0 Å². The lowest BCUT2D eigenvalue weighted by atomic mass is 9.62. The SMILES string of the molecule is Cc1cc2c(cc1Cc1ccc(C(=O)N(Cc3ccccc3)Cc3ccccn3)o1)C(C)(C)CCC2(C)C. The predicted octanol–water partition coefficient (Wildman–Crippen LogP) is 7.77. The number of furan rings is 1. The second-order valence-corrected chi connectivity index (χ2v) is 12.0. The number of aryl methyl sites for hydroxylation is 1. The zero-order valence-corrected chi connectivity index (χ0v) is 23.3. The predicted molar refractivity (Wildman–Crippen MR) is 152 cm³/mol. The van der Waals surface area contributed by atoms with Gasteiger partial charge in [0.25, 0.3) is 5.91 Å². The Balaban J connectivity index is 1.40. The van der Waals surface area contributed by atoms with Gasteiger partial charge in [0, 0.05) is 19.2 Å². The lowest BCUT2D eigenvalue weighted by Crippen LogP contribution is -2.34. The molecule has 0 unspecified atom stereocenters. The van der Waals surface area contributed by atoms with Gasteiger partial charge in [0.2, 0.25) is 0 Å². The van der Waals surface area contributed by atoms with E-state index in [4.69, 9.17) is 4.42 Å². The molecule has 0 radical (unpaired) electrons. The van der Waals surface area contributed by atoms with Crippen molar-refractivity contribution in [2.45, 2.75) is 77.8 Å². The van der Waals surface area contributed by atoms with Gasteiger partial charge in [-0.2, -0.15) is 0 Å². The molecule has 5 rings (SSSR count). The summed E-state index contributed by atoms with van der Waals surface area (Å²) in [5.41, 5.74) is 7.71. The van der Waals surface area contributed by atoms with E-state index in [1.165, 1.54) is 35.1 Å². The Morgan fingerprint density at radius 2 is 1.55 bits per heavy atom. The van der Waals surface area contributed by atoms with Crippen LogP contribution in [0.4, 0.5) is 0 Å². The third kappa shape index (κ3) is 5.45. The van der Waals surface area contributed by atoms with Gasteiger partial charge in [-0.25, -0.2) is 0 Å². The summed E-state index contributed by atoms with van der Waals surface area (Å²) >= 11 is 0. The van der Waals surface area contributed by atoms with Gasteiger partial charge in [0.1, 0.15) is 5.76 Å². The molecular weight excluding hydrogens is 468 g/mol. The summed E-state index contributed by atoms with van der Waals surface area (Å²) in [7, 11) is 0. The van der Waals surface area contributed by atoms with Gasteiger partial charge in [0.05, 0.1) is 12.2 Å². The van der Waals surface area contributed by atoms with Crippen LogP contribution in [0.3, 0.4) is 0 Å². The molecule has 0 N–H and O–H groups in total. The lowest BCUT2D eigenvalue weighted by molar-refractivity contribution is 0.0693. The molecule has 4 nitrogen and oxygen atoms in total. The van der Waals surface area contributed by atoms with Gasteiger partial charge in [-0.15, -0.1) is 0 Å². The number of aromatic nitrogens is 1. The molecule has 38 heavy (non-hydrogen) atoms. The molecule has 196 valence electrons. The number of fused-ring (bicyclic) bond motifs is 1. The molecule has 0 saturated heterocycles. The molecule has 0 atom stereocenters. The fraction of sp³-hybridized carbons (Fsp3) is 0.353. The molecular formula is C34H38N2O2. The molecule has 0 spiro atoms. The largest absolute Gasteiger partial charge is 0.456 e. The van der Waals surface area contributed by atoms with E-state index in [2.05, 4.69) is 51.7 Å². The van der Waals surface area contributed by atoms with Crippen LogP contribution in [0.2, 0.25) is 0 Å². The van der Waals surface area contributed by atoms with E-state index < -0.39 is 0 Å². The summed E-state index contributed by atoms with van der Waals surface area (Å²) in [5.74, 6) is 1.04. The van der Waals surface area contributed by atoms with Gasteiger partial charge < -0.3 is 9.32 Å². The Kier molecular flexibility index (Phi) is 7.00. The van der Waals surface area contributed by atoms with Gasteiger partial charge in [-0.1, -0.05) is 76.2 Å². The Bertz CT molecular complexity index is 1380. The van der Waals surface area contributed by atoms with Gasteiger partial charge >= 0.3 is 0 Å². The Morgan fingerprint density at radius 1 is 0.868 bits per heavy atom. The van der Waals surface area contributed by atoms with Crippen molar-refractivity contribution in [1.82, 2.24) is 9.88 Å². The summed E-state index contributed by atoms with van der Waals surface area (Å²) in [6.45, 7) is 12.5. The summed E-state index contributed by atoms with van der Waals surface area (Å²) in [6, 6.07) is 24.4. The van der Waals surface area contributed by atoms with Crippen LogP contribution in [0.1, 0.15) is 90.4 Å². The molecule has 0 saturated carbocycles. The number of hydrogen-bond donors (Lipinski definition) is 0. The van der Waals surface area contributed by atoms with Crippen LogP contribution in [0.25, 0.3) is 0 Å². The first-order chi connectivity index (χ1) is 18.1. The lowest BCUT2D eigenvalue weighted by Gasteiger charge is -2.42. The fourth-order valence-electron chi connectivity index (χ4n) is 5.58. The average Bonchev–Trinajstić information content (AvgIpc) is 3.37. The number of amides is 1. The Hall–Kier alpha value is -3.66. The maximum atomic E-state index is 13.6. The number of hydrogen-bond acceptors (Lipinski definition) is 3. The molecule has 1 aliphatic rings. The minimum absolute atomic E-state index is 0.129. The van der Waals surface area contributed by atoms with Gasteiger partial charge in [0.15, 0.2) is 5.76 Å².